The average Bonchev–Trinajstić information content (AvgIpc) is 3.44. The smallest absolute Gasteiger partial charge is 0.267 e. The number of aromatic amines is 1. The molecule has 1 unspecified atom stereocenters. The highest BCUT2D eigenvalue weighted by atomic mass is 16.5. The van der Waals surface area contributed by atoms with Gasteiger partial charge in [0.25, 0.3) is 5.91 Å². The minimum absolute atomic E-state index is 0.0203. The number of H-pyrrole nitrogens is 1. The van der Waals surface area contributed by atoms with Gasteiger partial charge in [-0.05, 0) is 62.8 Å². The van der Waals surface area contributed by atoms with Crippen molar-refractivity contribution >= 4 is 16.8 Å². The SMILES string of the molecule is O=C(NCC1CCC2(CCN(CCCc3ccccc3)CC2)O1)c1cc2ccccc2[nH]1. The maximum atomic E-state index is 12.6. The Morgan fingerprint density at radius 2 is 1.84 bits per heavy atom. The van der Waals surface area contributed by atoms with Crippen LogP contribution in [0.5, 0.6) is 0 Å². The Morgan fingerprint density at radius 1 is 1.06 bits per heavy atom. The maximum Gasteiger partial charge on any atom is 0.267 e. The Morgan fingerprint density at radius 3 is 2.66 bits per heavy atom. The van der Waals surface area contributed by atoms with Gasteiger partial charge in [0.15, 0.2) is 0 Å². The molecule has 2 aliphatic heterocycles. The van der Waals surface area contributed by atoms with Crippen LogP contribution in [0.1, 0.15) is 48.2 Å². The first-order valence-corrected chi connectivity index (χ1v) is 12.0. The molecule has 3 aromatic rings. The molecular weight excluding hydrogens is 398 g/mol. The zero-order valence-electron chi connectivity index (χ0n) is 18.7. The number of amides is 1. The van der Waals surface area contributed by atoms with E-state index in [2.05, 4.69) is 45.5 Å². The van der Waals surface area contributed by atoms with Gasteiger partial charge in [-0.3, -0.25) is 4.79 Å². The summed E-state index contributed by atoms with van der Waals surface area (Å²) in [7, 11) is 0. The fraction of sp³-hybridized carbons (Fsp3) is 0.444. The van der Waals surface area contributed by atoms with E-state index in [0.717, 1.165) is 62.6 Å². The molecule has 2 aromatic carbocycles. The predicted octanol–water partition coefficient (Wildman–Crippen LogP) is 4.54. The molecule has 0 bridgehead atoms. The molecule has 5 rings (SSSR count). The lowest BCUT2D eigenvalue weighted by Gasteiger charge is -2.39. The molecule has 5 heteroatoms. The standard InChI is InChI=1S/C27H33N3O2/c31-26(25-19-22-10-4-5-11-24(22)29-25)28-20-23-12-13-27(32-23)14-17-30(18-15-27)16-6-9-21-7-2-1-3-8-21/h1-5,7-8,10-11,19,23,29H,6,9,12-18,20H2,(H,28,31). The lowest BCUT2D eigenvalue weighted by Crippen LogP contribution is -2.45. The van der Waals surface area contributed by atoms with Gasteiger partial charge < -0.3 is 19.9 Å². The number of piperidine rings is 1. The molecule has 168 valence electrons. The second-order valence-corrected chi connectivity index (χ2v) is 9.37. The van der Waals surface area contributed by atoms with Crippen LogP contribution in [0.25, 0.3) is 10.9 Å². The van der Waals surface area contributed by atoms with E-state index in [0.29, 0.717) is 12.2 Å². The van der Waals surface area contributed by atoms with Crippen LogP contribution in [-0.4, -0.2) is 53.7 Å². The van der Waals surface area contributed by atoms with E-state index in [1.54, 1.807) is 0 Å². The quantitative estimate of drug-likeness (QED) is 0.577. The molecular formula is C27H33N3O2. The fourth-order valence-corrected chi connectivity index (χ4v) is 5.24. The largest absolute Gasteiger partial charge is 0.370 e. The summed E-state index contributed by atoms with van der Waals surface area (Å²) in [4.78, 5) is 18.4. The highest BCUT2D eigenvalue weighted by Crippen LogP contribution is 2.38. The highest BCUT2D eigenvalue weighted by Gasteiger charge is 2.42. The van der Waals surface area contributed by atoms with Gasteiger partial charge in [-0.15, -0.1) is 0 Å². The molecule has 0 saturated carbocycles. The summed E-state index contributed by atoms with van der Waals surface area (Å²) >= 11 is 0. The second-order valence-electron chi connectivity index (χ2n) is 9.37. The van der Waals surface area contributed by atoms with Gasteiger partial charge in [0.2, 0.25) is 0 Å². The molecule has 3 heterocycles. The van der Waals surface area contributed by atoms with Crippen molar-refractivity contribution in [3.8, 4) is 0 Å². The highest BCUT2D eigenvalue weighted by molar-refractivity contribution is 5.97. The number of rotatable bonds is 7. The Kier molecular flexibility index (Phi) is 6.28. The predicted molar refractivity (Wildman–Crippen MR) is 128 cm³/mol. The van der Waals surface area contributed by atoms with Crippen LogP contribution < -0.4 is 5.32 Å². The van der Waals surface area contributed by atoms with Crippen molar-refractivity contribution in [2.45, 2.75) is 50.2 Å². The van der Waals surface area contributed by atoms with Crippen molar-refractivity contribution in [3.63, 3.8) is 0 Å². The first-order chi connectivity index (χ1) is 15.7. The number of likely N-dealkylation sites (tertiary alicyclic amines) is 1. The number of fused-ring (bicyclic) bond motifs is 1. The van der Waals surface area contributed by atoms with Crippen molar-refractivity contribution < 1.29 is 9.53 Å². The Bertz CT molecular complexity index is 1000. The van der Waals surface area contributed by atoms with Crippen molar-refractivity contribution in [2.24, 2.45) is 0 Å². The van der Waals surface area contributed by atoms with Crippen molar-refractivity contribution in [3.05, 3.63) is 71.9 Å². The van der Waals surface area contributed by atoms with E-state index in [1.807, 2.05) is 30.3 Å². The molecule has 2 fully saturated rings. The fourth-order valence-electron chi connectivity index (χ4n) is 5.24. The maximum absolute atomic E-state index is 12.6. The van der Waals surface area contributed by atoms with Gasteiger partial charge in [0, 0.05) is 30.5 Å². The van der Waals surface area contributed by atoms with Crippen LogP contribution >= 0.6 is 0 Å². The molecule has 1 spiro atoms. The average molecular weight is 432 g/mol. The minimum atomic E-state index is -0.0565. The normalized spacial score (nSPS) is 20.7. The van der Waals surface area contributed by atoms with Crippen LogP contribution in [-0.2, 0) is 11.2 Å². The molecule has 0 aliphatic carbocycles. The first-order valence-electron chi connectivity index (χ1n) is 12.0. The van der Waals surface area contributed by atoms with Crippen LogP contribution in [0.2, 0.25) is 0 Å². The molecule has 1 aromatic heterocycles. The summed E-state index contributed by atoms with van der Waals surface area (Å²) in [5.41, 5.74) is 3.05. The number of benzene rings is 2. The Hall–Kier alpha value is -2.63. The Balaban J connectivity index is 1.04. The molecule has 2 N–H and O–H groups in total. The molecule has 32 heavy (non-hydrogen) atoms. The first kappa shape index (κ1) is 21.2. The number of carbonyl (C=O) groups excluding carboxylic acids is 1. The molecule has 2 saturated heterocycles. The number of para-hydroxylation sites is 1. The summed E-state index contributed by atoms with van der Waals surface area (Å²) in [6.07, 6.45) is 6.82. The zero-order chi connectivity index (χ0) is 21.8. The van der Waals surface area contributed by atoms with E-state index in [4.69, 9.17) is 4.74 Å². The molecule has 0 radical (unpaired) electrons. The van der Waals surface area contributed by atoms with Crippen LogP contribution in [0.3, 0.4) is 0 Å². The summed E-state index contributed by atoms with van der Waals surface area (Å²) in [5, 5.41) is 4.13. The zero-order valence-corrected chi connectivity index (χ0v) is 18.7. The van der Waals surface area contributed by atoms with E-state index >= 15 is 0 Å². The van der Waals surface area contributed by atoms with E-state index in [1.165, 1.54) is 12.0 Å². The van der Waals surface area contributed by atoms with E-state index in [-0.39, 0.29) is 17.6 Å². The molecule has 2 aliphatic rings. The number of nitrogens with zero attached hydrogens (tertiary/aromatic N) is 1. The van der Waals surface area contributed by atoms with Crippen LogP contribution in [0.4, 0.5) is 0 Å². The van der Waals surface area contributed by atoms with E-state index < -0.39 is 0 Å². The van der Waals surface area contributed by atoms with Gasteiger partial charge in [-0.1, -0.05) is 48.5 Å². The molecule has 5 nitrogen and oxygen atoms in total. The minimum Gasteiger partial charge on any atom is -0.370 e. The van der Waals surface area contributed by atoms with Gasteiger partial charge in [-0.2, -0.15) is 0 Å². The van der Waals surface area contributed by atoms with Crippen molar-refractivity contribution in [1.29, 1.82) is 0 Å². The Labute approximate surface area is 190 Å². The topological polar surface area (TPSA) is 57.4 Å². The number of hydrogen-bond acceptors (Lipinski definition) is 3. The second kappa shape index (κ2) is 9.47. The van der Waals surface area contributed by atoms with Crippen molar-refractivity contribution in [2.75, 3.05) is 26.2 Å². The number of aromatic nitrogens is 1. The third-order valence-electron chi connectivity index (χ3n) is 7.15. The summed E-state index contributed by atoms with van der Waals surface area (Å²) in [6, 6.07) is 20.6. The van der Waals surface area contributed by atoms with Crippen molar-refractivity contribution in [1.82, 2.24) is 15.2 Å². The summed E-state index contributed by atoms with van der Waals surface area (Å²) in [6.45, 7) is 3.97. The van der Waals surface area contributed by atoms with Crippen LogP contribution in [0, 0.1) is 0 Å². The summed E-state index contributed by atoms with van der Waals surface area (Å²) in [5.74, 6) is -0.0565. The summed E-state index contributed by atoms with van der Waals surface area (Å²) < 4.78 is 6.51. The number of hydrogen-bond donors (Lipinski definition) is 2. The molecule has 1 amide bonds. The molecule has 1 atom stereocenters. The van der Waals surface area contributed by atoms with Crippen LogP contribution in [0.15, 0.2) is 60.7 Å². The van der Waals surface area contributed by atoms with Gasteiger partial charge in [0.05, 0.1) is 11.7 Å². The lowest BCUT2D eigenvalue weighted by molar-refractivity contribution is -0.0754. The number of ether oxygens (including phenoxy) is 1. The van der Waals surface area contributed by atoms with Gasteiger partial charge >= 0.3 is 0 Å². The third kappa shape index (κ3) is 4.89. The number of nitrogens with one attached hydrogen (secondary N) is 2. The van der Waals surface area contributed by atoms with Gasteiger partial charge in [-0.25, -0.2) is 0 Å². The monoisotopic (exact) mass is 431 g/mol. The van der Waals surface area contributed by atoms with E-state index in [9.17, 15) is 4.79 Å². The van der Waals surface area contributed by atoms with Gasteiger partial charge in [0.1, 0.15) is 5.69 Å². The number of aryl methyl sites for hydroxylation is 1. The number of carbonyl (C=O) groups is 1. The third-order valence-corrected chi connectivity index (χ3v) is 7.15. The lowest BCUT2D eigenvalue weighted by atomic mass is 9.88.